The third kappa shape index (κ3) is 7.38. The SMILES string of the molecule is CC(C)CC1CCC(CC(C)C2CCC(CC(C)Cc3ccccc3F)CC2)CC1. The van der Waals surface area contributed by atoms with Crippen molar-refractivity contribution in [1.29, 1.82) is 0 Å². The van der Waals surface area contributed by atoms with Gasteiger partial charge in [-0.05, 0) is 91.6 Å². The van der Waals surface area contributed by atoms with Crippen molar-refractivity contribution >= 4 is 0 Å². The van der Waals surface area contributed by atoms with Crippen LogP contribution in [-0.4, -0.2) is 0 Å². The molecule has 2 atom stereocenters. The molecule has 2 aliphatic rings. The maximum absolute atomic E-state index is 13.9. The zero-order valence-electron chi connectivity index (χ0n) is 20.2. The molecule has 0 amide bonds. The monoisotopic (exact) mass is 414 g/mol. The number of hydrogen-bond donors (Lipinski definition) is 0. The van der Waals surface area contributed by atoms with Crippen molar-refractivity contribution in [2.24, 2.45) is 41.4 Å². The van der Waals surface area contributed by atoms with Crippen molar-refractivity contribution in [3.8, 4) is 0 Å². The first-order valence-corrected chi connectivity index (χ1v) is 13.1. The van der Waals surface area contributed by atoms with E-state index in [-0.39, 0.29) is 5.82 Å². The van der Waals surface area contributed by atoms with Gasteiger partial charge in [-0.25, -0.2) is 4.39 Å². The highest BCUT2D eigenvalue weighted by Crippen LogP contribution is 2.41. The molecular formula is C29H47F. The first-order valence-electron chi connectivity index (χ1n) is 13.1. The molecule has 1 aromatic carbocycles. The van der Waals surface area contributed by atoms with Gasteiger partial charge in [0.25, 0.3) is 0 Å². The van der Waals surface area contributed by atoms with Crippen LogP contribution in [-0.2, 0) is 6.42 Å². The van der Waals surface area contributed by atoms with Gasteiger partial charge >= 0.3 is 0 Å². The highest BCUT2D eigenvalue weighted by atomic mass is 19.1. The van der Waals surface area contributed by atoms with Crippen LogP contribution in [0.2, 0.25) is 0 Å². The first-order chi connectivity index (χ1) is 14.4. The molecule has 0 spiro atoms. The van der Waals surface area contributed by atoms with Crippen LogP contribution in [0.1, 0.15) is 104 Å². The zero-order chi connectivity index (χ0) is 21.5. The summed E-state index contributed by atoms with van der Waals surface area (Å²) in [5, 5.41) is 0. The van der Waals surface area contributed by atoms with Crippen LogP contribution in [0, 0.1) is 47.2 Å². The molecule has 0 nitrogen and oxygen atoms in total. The van der Waals surface area contributed by atoms with E-state index in [4.69, 9.17) is 0 Å². The van der Waals surface area contributed by atoms with E-state index in [9.17, 15) is 4.39 Å². The minimum absolute atomic E-state index is 0.0277. The molecule has 30 heavy (non-hydrogen) atoms. The topological polar surface area (TPSA) is 0 Å². The third-order valence-corrected chi connectivity index (χ3v) is 8.43. The molecular weight excluding hydrogens is 367 g/mol. The molecule has 0 bridgehead atoms. The molecule has 2 aliphatic carbocycles. The molecule has 0 radical (unpaired) electrons. The average molecular weight is 415 g/mol. The largest absolute Gasteiger partial charge is 0.207 e. The number of halogens is 1. The molecule has 0 aliphatic heterocycles. The van der Waals surface area contributed by atoms with Gasteiger partial charge in [0.2, 0.25) is 0 Å². The van der Waals surface area contributed by atoms with Gasteiger partial charge in [0, 0.05) is 0 Å². The van der Waals surface area contributed by atoms with E-state index >= 15 is 0 Å². The Bertz CT molecular complexity index is 605. The van der Waals surface area contributed by atoms with Crippen LogP contribution in [0.3, 0.4) is 0 Å². The fourth-order valence-electron chi connectivity index (χ4n) is 6.77. The fourth-order valence-corrected chi connectivity index (χ4v) is 6.77. The molecule has 1 heteroatoms. The summed E-state index contributed by atoms with van der Waals surface area (Å²) in [6.45, 7) is 9.62. The summed E-state index contributed by atoms with van der Waals surface area (Å²) in [7, 11) is 0. The Morgan fingerprint density at radius 3 is 1.87 bits per heavy atom. The molecule has 3 rings (SSSR count). The second kappa shape index (κ2) is 11.7. The van der Waals surface area contributed by atoms with Crippen LogP contribution in [0.5, 0.6) is 0 Å². The Hall–Kier alpha value is -0.850. The molecule has 0 aromatic heterocycles. The lowest BCUT2D eigenvalue weighted by Gasteiger charge is -2.36. The lowest BCUT2D eigenvalue weighted by Crippen LogP contribution is -2.24. The van der Waals surface area contributed by atoms with Gasteiger partial charge in [-0.2, -0.15) is 0 Å². The van der Waals surface area contributed by atoms with E-state index in [1.54, 1.807) is 12.1 Å². The van der Waals surface area contributed by atoms with E-state index < -0.39 is 0 Å². The van der Waals surface area contributed by atoms with Crippen LogP contribution in [0.4, 0.5) is 4.39 Å². The van der Waals surface area contributed by atoms with E-state index in [0.717, 1.165) is 47.5 Å². The Morgan fingerprint density at radius 1 is 0.733 bits per heavy atom. The van der Waals surface area contributed by atoms with Crippen molar-refractivity contribution < 1.29 is 4.39 Å². The Balaban J connectivity index is 1.34. The molecule has 0 saturated heterocycles. The second-order valence-electron chi connectivity index (χ2n) is 11.6. The summed E-state index contributed by atoms with van der Waals surface area (Å²) in [6, 6.07) is 7.32. The van der Waals surface area contributed by atoms with Crippen LogP contribution >= 0.6 is 0 Å². The van der Waals surface area contributed by atoms with Crippen LogP contribution in [0.25, 0.3) is 0 Å². The fraction of sp³-hybridized carbons (Fsp3) is 0.793. The smallest absolute Gasteiger partial charge is 0.126 e. The summed E-state index contributed by atoms with van der Waals surface area (Å²) < 4.78 is 13.9. The summed E-state index contributed by atoms with van der Waals surface area (Å²) >= 11 is 0. The molecule has 2 fully saturated rings. The molecule has 170 valence electrons. The lowest BCUT2D eigenvalue weighted by molar-refractivity contribution is 0.153. The predicted molar refractivity (Wildman–Crippen MR) is 128 cm³/mol. The standard InChI is InChI=1S/C29H47F/c1-21(2)17-24-9-11-26(12-10-24)20-23(4)27-15-13-25(14-16-27)18-22(3)19-28-7-5-6-8-29(28)30/h5-8,21-27H,9-20H2,1-4H3. The van der Waals surface area contributed by atoms with E-state index in [1.807, 2.05) is 12.1 Å². The summed E-state index contributed by atoms with van der Waals surface area (Å²) in [4.78, 5) is 0. The van der Waals surface area contributed by atoms with Gasteiger partial charge in [0.1, 0.15) is 5.82 Å². The van der Waals surface area contributed by atoms with Crippen molar-refractivity contribution in [1.82, 2.24) is 0 Å². The van der Waals surface area contributed by atoms with E-state index in [1.165, 1.54) is 70.6 Å². The van der Waals surface area contributed by atoms with E-state index in [2.05, 4.69) is 27.7 Å². The quantitative estimate of drug-likeness (QED) is 0.378. The van der Waals surface area contributed by atoms with Gasteiger partial charge in [-0.1, -0.05) is 84.4 Å². The maximum atomic E-state index is 13.9. The molecule has 1 aromatic rings. The second-order valence-corrected chi connectivity index (χ2v) is 11.6. The van der Waals surface area contributed by atoms with Crippen molar-refractivity contribution in [2.75, 3.05) is 0 Å². The minimum atomic E-state index is -0.0277. The molecule has 0 heterocycles. The van der Waals surface area contributed by atoms with Gasteiger partial charge in [-0.3, -0.25) is 0 Å². The summed E-state index contributed by atoms with van der Waals surface area (Å²) in [5.41, 5.74) is 0.899. The number of hydrogen-bond acceptors (Lipinski definition) is 0. The molecule has 2 unspecified atom stereocenters. The predicted octanol–water partition coefficient (Wildman–Crippen LogP) is 9.08. The zero-order valence-corrected chi connectivity index (χ0v) is 20.2. The van der Waals surface area contributed by atoms with Gasteiger partial charge in [0.15, 0.2) is 0 Å². The van der Waals surface area contributed by atoms with Gasteiger partial charge < -0.3 is 0 Å². The van der Waals surface area contributed by atoms with Gasteiger partial charge in [0.05, 0.1) is 0 Å². The van der Waals surface area contributed by atoms with Gasteiger partial charge in [-0.15, -0.1) is 0 Å². The Morgan fingerprint density at radius 2 is 1.27 bits per heavy atom. The maximum Gasteiger partial charge on any atom is 0.126 e. The Kier molecular flexibility index (Phi) is 9.27. The van der Waals surface area contributed by atoms with Crippen molar-refractivity contribution in [2.45, 2.75) is 105 Å². The highest BCUT2D eigenvalue weighted by Gasteiger charge is 2.29. The molecule has 0 N–H and O–H groups in total. The van der Waals surface area contributed by atoms with Crippen molar-refractivity contribution in [3.05, 3.63) is 35.6 Å². The summed E-state index contributed by atoms with van der Waals surface area (Å²) in [5.74, 6) is 6.17. The van der Waals surface area contributed by atoms with Crippen LogP contribution < -0.4 is 0 Å². The lowest BCUT2D eigenvalue weighted by atomic mass is 9.69. The third-order valence-electron chi connectivity index (χ3n) is 8.43. The average Bonchev–Trinajstić information content (AvgIpc) is 2.71. The Labute approximate surface area is 186 Å². The van der Waals surface area contributed by atoms with Crippen molar-refractivity contribution in [3.63, 3.8) is 0 Å². The highest BCUT2D eigenvalue weighted by molar-refractivity contribution is 5.17. The van der Waals surface area contributed by atoms with Crippen LogP contribution in [0.15, 0.2) is 24.3 Å². The number of rotatable bonds is 9. The number of benzene rings is 1. The molecule has 2 saturated carbocycles. The minimum Gasteiger partial charge on any atom is -0.207 e. The van der Waals surface area contributed by atoms with E-state index in [0.29, 0.717) is 5.92 Å². The first kappa shape index (κ1) is 23.8. The normalized spacial score (nSPS) is 29.7. The summed E-state index contributed by atoms with van der Waals surface area (Å²) in [6.07, 6.45) is 16.7.